The largest absolute Gasteiger partial charge is 0.480 e. The minimum Gasteiger partial charge on any atom is -0.480 e. The van der Waals surface area contributed by atoms with Gasteiger partial charge in [0.1, 0.15) is 30.2 Å². The van der Waals surface area contributed by atoms with Gasteiger partial charge in [-0.3, -0.25) is 29.0 Å². The monoisotopic (exact) mass is 765 g/mol. The lowest BCUT2D eigenvalue weighted by atomic mass is 9.96. The van der Waals surface area contributed by atoms with Crippen molar-refractivity contribution in [3.8, 4) is 0 Å². The fraction of sp³-hybridized carbons (Fsp3) is 0.500. The summed E-state index contributed by atoms with van der Waals surface area (Å²) in [5.41, 5.74) is 12.1. The van der Waals surface area contributed by atoms with Gasteiger partial charge in [0.05, 0.1) is 12.6 Å². The van der Waals surface area contributed by atoms with Crippen LogP contribution in [0.1, 0.15) is 57.1 Å². The molecule has 0 aromatic heterocycles. The molecule has 1 heterocycles. The number of nitrogens with one attached hydrogen (secondary N) is 6. The van der Waals surface area contributed by atoms with E-state index in [0.717, 1.165) is 17.5 Å². The minimum atomic E-state index is -1.55. The van der Waals surface area contributed by atoms with Gasteiger partial charge in [0, 0.05) is 19.4 Å². The van der Waals surface area contributed by atoms with Gasteiger partial charge in [-0.25, -0.2) is 4.79 Å². The number of benzene rings is 2. The zero-order chi connectivity index (χ0) is 40.3. The number of aliphatic carboxylic acids is 1. The Balaban J connectivity index is 1.80. The summed E-state index contributed by atoms with van der Waals surface area (Å²) in [7, 11) is 0. The molecule has 7 atom stereocenters. The zero-order valence-electron chi connectivity index (χ0n) is 31.3. The Morgan fingerprint density at radius 2 is 1.31 bits per heavy atom. The van der Waals surface area contributed by atoms with E-state index >= 15 is 0 Å². The number of carbonyl (C=O) groups is 6. The molecular weight excluding hydrogens is 710 g/mol. The second-order valence-electron chi connectivity index (χ2n) is 13.6. The highest BCUT2D eigenvalue weighted by molar-refractivity contribution is 5.96. The molecule has 1 aliphatic rings. The van der Waals surface area contributed by atoms with E-state index in [1.807, 2.05) is 36.4 Å². The number of amides is 5. The van der Waals surface area contributed by atoms with Crippen molar-refractivity contribution in [2.24, 2.45) is 22.4 Å². The van der Waals surface area contributed by atoms with Crippen molar-refractivity contribution < 1.29 is 39.0 Å². The van der Waals surface area contributed by atoms with Crippen molar-refractivity contribution in [2.45, 2.75) is 95.0 Å². The van der Waals surface area contributed by atoms with Gasteiger partial charge in [0.25, 0.3) is 0 Å². The first-order chi connectivity index (χ1) is 26.3. The highest BCUT2D eigenvalue weighted by Gasteiger charge is 2.35. The number of aliphatic hydroxyl groups excluding tert-OH is 1. The Hall–Kier alpha value is -5.55. The third kappa shape index (κ3) is 14.7. The molecule has 0 unspecified atom stereocenters. The number of hydrogen-bond acceptors (Lipinski definition) is 9. The summed E-state index contributed by atoms with van der Waals surface area (Å²) < 4.78 is 0. The highest BCUT2D eigenvalue weighted by atomic mass is 16.4. The SMILES string of the molecule is CC[C@H](C)[C@H](NC(=O)[C@H](Cc1ccccc1)NC(=O)[C@H](Cc1ccccc1)NC(=O)[C@@H]1CCCN1)C(=O)N[C@@H](CO)C(=O)N[C@@H](CCCN=C(N)N)C(=O)O. The topological polar surface area (TPSA) is 279 Å². The van der Waals surface area contributed by atoms with Crippen molar-refractivity contribution in [2.75, 3.05) is 19.7 Å². The molecule has 0 spiro atoms. The maximum absolute atomic E-state index is 14.1. The zero-order valence-corrected chi connectivity index (χ0v) is 31.3. The van der Waals surface area contributed by atoms with E-state index in [4.69, 9.17) is 11.5 Å². The number of carboxylic acid groups (broad SMARTS) is 1. The Kier molecular flexibility index (Phi) is 18.0. The Morgan fingerprint density at radius 1 is 0.782 bits per heavy atom. The van der Waals surface area contributed by atoms with Crippen LogP contribution >= 0.6 is 0 Å². The number of rotatable bonds is 22. The van der Waals surface area contributed by atoms with E-state index < -0.39 is 78.4 Å². The number of carbonyl (C=O) groups excluding carboxylic acids is 5. The quantitative estimate of drug-likeness (QED) is 0.0387. The molecule has 1 saturated heterocycles. The standard InChI is InChI=1S/C38H55N9O8/c1-3-23(2)31(36(53)46-30(22-48)35(52)43-27(37(54)55)17-11-19-42-38(39)40)47-34(51)29(21-25-14-8-5-9-15-25)45-33(50)28(20-24-12-6-4-7-13-24)44-32(49)26-16-10-18-41-26/h4-9,12-15,23,26-31,41,48H,3,10-11,16-22H2,1-2H3,(H,43,52)(H,44,49)(H,45,50)(H,46,53)(H,47,51)(H,54,55)(H4,39,40,42)/t23-,26-,27-,28-,29-,30-,31-/m0/s1. The summed E-state index contributed by atoms with van der Waals surface area (Å²) in [6.45, 7) is 3.46. The van der Waals surface area contributed by atoms with Crippen LogP contribution in [0.5, 0.6) is 0 Å². The van der Waals surface area contributed by atoms with Crippen LogP contribution in [0.3, 0.4) is 0 Å². The van der Waals surface area contributed by atoms with E-state index in [9.17, 15) is 39.0 Å². The number of hydrogen-bond donors (Lipinski definition) is 10. The smallest absolute Gasteiger partial charge is 0.326 e. The summed E-state index contributed by atoms with van der Waals surface area (Å²) >= 11 is 0. The molecule has 3 rings (SSSR count). The average molecular weight is 766 g/mol. The lowest BCUT2D eigenvalue weighted by Gasteiger charge is -2.29. The van der Waals surface area contributed by atoms with Crippen molar-refractivity contribution in [1.29, 1.82) is 0 Å². The van der Waals surface area contributed by atoms with Gasteiger partial charge >= 0.3 is 5.97 Å². The van der Waals surface area contributed by atoms with Crippen LogP contribution in [0.4, 0.5) is 0 Å². The van der Waals surface area contributed by atoms with Crippen LogP contribution in [0, 0.1) is 5.92 Å². The average Bonchev–Trinajstić information content (AvgIpc) is 3.72. The summed E-state index contributed by atoms with van der Waals surface area (Å²) in [6.07, 6.45) is 2.27. The Bertz CT molecular complexity index is 1600. The predicted octanol–water partition coefficient (Wildman–Crippen LogP) is -1.18. The molecule has 0 radical (unpaired) electrons. The molecule has 1 aliphatic heterocycles. The number of nitrogens with zero attached hydrogens (tertiary/aromatic N) is 1. The van der Waals surface area contributed by atoms with Gasteiger partial charge in [-0.1, -0.05) is 80.9 Å². The van der Waals surface area contributed by atoms with Gasteiger partial charge in [-0.05, 0) is 49.3 Å². The Morgan fingerprint density at radius 3 is 1.82 bits per heavy atom. The van der Waals surface area contributed by atoms with Crippen LogP contribution in [-0.4, -0.2) is 108 Å². The second kappa shape index (κ2) is 22.6. The van der Waals surface area contributed by atoms with Crippen LogP contribution in [-0.2, 0) is 41.6 Å². The van der Waals surface area contributed by atoms with E-state index in [2.05, 4.69) is 36.9 Å². The lowest BCUT2D eigenvalue weighted by molar-refractivity contribution is -0.143. The Labute approximate surface area is 320 Å². The molecule has 1 fully saturated rings. The normalized spacial score (nSPS) is 16.9. The second-order valence-corrected chi connectivity index (χ2v) is 13.6. The van der Waals surface area contributed by atoms with Crippen LogP contribution in [0.25, 0.3) is 0 Å². The molecule has 17 nitrogen and oxygen atoms in total. The van der Waals surface area contributed by atoms with Gasteiger partial charge in [-0.15, -0.1) is 0 Å². The van der Waals surface area contributed by atoms with Crippen LogP contribution < -0.4 is 43.4 Å². The summed E-state index contributed by atoms with van der Waals surface area (Å²) in [6, 6.07) is 11.3. The molecule has 300 valence electrons. The number of aliphatic imine (C=N–C) groups is 1. The third-order valence-corrected chi connectivity index (χ3v) is 9.38. The molecule has 5 amide bonds. The molecule has 0 saturated carbocycles. The van der Waals surface area contributed by atoms with Gasteiger partial charge in [0.15, 0.2) is 5.96 Å². The molecule has 2 aromatic rings. The molecule has 0 aliphatic carbocycles. The minimum absolute atomic E-state index is 0.0304. The number of guanidine groups is 1. The molecule has 0 bridgehead atoms. The van der Waals surface area contributed by atoms with Crippen LogP contribution in [0.15, 0.2) is 65.7 Å². The van der Waals surface area contributed by atoms with Crippen molar-refractivity contribution in [3.05, 3.63) is 71.8 Å². The molecule has 12 N–H and O–H groups in total. The van der Waals surface area contributed by atoms with Gasteiger partial charge in [-0.2, -0.15) is 0 Å². The first-order valence-corrected chi connectivity index (χ1v) is 18.5. The van der Waals surface area contributed by atoms with Crippen molar-refractivity contribution >= 4 is 41.5 Å². The first kappa shape index (κ1) is 43.9. The van der Waals surface area contributed by atoms with Crippen molar-refractivity contribution in [1.82, 2.24) is 31.9 Å². The van der Waals surface area contributed by atoms with E-state index in [-0.39, 0.29) is 44.1 Å². The van der Waals surface area contributed by atoms with Crippen molar-refractivity contribution in [3.63, 3.8) is 0 Å². The summed E-state index contributed by atoms with van der Waals surface area (Å²) in [5, 5.41) is 35.9. The number of nitrogens with two attached hydrogens (primary N) is 2. The fourth-order valence-electron chi connectivity index (χ4n) is 6.02. The van der Waals surface area contributed by atoms with Crippen LogP contribution in [0.2, 0.25) is 0 Å². The first-order valence-electron chi connectivity index (χ1n) is 18.5. The fourth-order valence-corrected chi connectivity index (χ4v) is 6.02. The summed E-state index contributed by atoms with van der Waals surface area (Å²) in [4.78, 5) is 83.6. The van der Waals surface area contributed by atoms with E-state index in [1.54, 1.807) is 38.1 Å². The molecule has 17 heteroatoms. The van der Waals surface area contributed by atoms with E-state index in [0.29, 0.717) is 19.4 Å². The van der Waals surface area contributed by atoms with Gasteiger partial charge in [0.2, 0.25) is 29.5 Å². The third-order valence-electron chi connectivity index (χ3n) is 9.38. The predicted molar refractivity (Wildman–Crippen MR) is 205 cm³/mol. The maximum Gasteiger partial charge on any atom is 0.326 e. The maximum atomic E-state index is 14.1. The molecule has 2 aromatic carbocycles. The molecular formula is C38H55N9O8. The summed E-state index contributed by atoms with van der Waals surface area (Å²) in [5.74, 6) is -5.36. The number of aliphatic hydroxyl groups is 1. The van der Waals surface area contributed by atoms with Gasteiger partial charge < -0.3 is 53.6 Å². The number of carboxylic acids is 1. The molecule has 55 heavy (non-hydrogen) atoms. The lowest BCUT2D eigenvalue weighted by Crippen LogP contribution is -2.61. The highest BCUT2D eigenvalue weighted by Crippen LogP contribution is 2.13. The van der Waals surface area contributed by atoms with E-state index in [1.165, 1.54) is 0 Å².